The Morgan fingerprint density at radius 2 is 1.29 bits per heavy atom. The van der Waals surface area contributed by atoms with Gasteiger partial charge in [0.05, 0.1) is 0 Å². The third kappa shape index (κ3) is 20.4. The van der Waals surface area contributed by atoms with Crippen LogP contribution in [0, 0.1) is 0 Å². The predicted molar refractivity (Wildman–Crippen MR) is 11.4 cm³/mol. The van der Waals surface area contributed by atoms with Crippen molar-refractivity contribution in [1.82, 2.24) is 0 Å². The Morgan fingerprint density at radius 3 is 1.29 bits per heavy atom. The molecule has 0 aromatic heterocycles. The number of carbonyl (C=O) groups excluding carboxylic acids is 2. The first-order valence-corrected chi connectivity index (χ1v) is 1.78. The summed E-state index contributed by atoms with van der Waals surface area (Å²) in [5.41, 5.74) is 0. The molecule has 0 spiro atoms. The van der Waals surface area contributed by atoms with Crippen molar-refractivity contribution < 1.29 is 57.0 Å². The molecular formula is C2Co3O2+5. The zero-order chi connectivity index (χ0) is 4.12. The zero-order valence-electron chi connectivity index (χ0n) is 2.82. The van der Waals surface area contributed by atoms with Crippen molar-refractivity contribution in [3.63, 3.8) is 0 Å². The first-order valence-electron chi connectivity index (χ1n) is 0.742. The van der Waals surface area contributed by atoms with E-state index in [1.807, 2.05) is 0 Å². The van der Waals surface area contributed by atoms with Crippen molar-refractivity contribution in [1.29, 1.82) is 0 Å². The van der Waals surface area contributed by atoms with E-state index in [0.29, 0.717) is 0 Å². The Kier molecular flexibility index (Phi) is 35.6. The van der Waals surface area contributed by atoms with Gasteiger partial charge in [-0.05, 0) is 0 Å². The van der Waals surface area contributed by atoms with Gasteiger partial charge in [0.1, 0.15) is 0 Å². The average Bonchev–Trinajstić information content (AvgIpc) is 1.41. The Labute approximate surface area is 66.5 Å². The summed E-state index contributed by atoms with van der Waals surface area (Å²) in [4.78, 5) is 20.6. The smallest absolute Gasteiger partial charge is 2.00 e. The summed E-state index contributed by atoms with van der Waals surface area (Å²) in [6.45, 7) is 0. The van der Waals surface area contributed by atoms with E-state index in [1.165, 1.54) is 9.65 Å². The van der Waals surface area contributed by atoms with E-state index < -0.39 is 0 Å². The molecule has 2 radical (unpaired) electrons. The molecule has 0 bridgehead atoms. The molecule has 0 aromatic rings. The summed E-state index contributed by atoms with van der Waals surface area (Å²) in [7, 11) is 0. The minimum atomic E-state index is -0.00694. The average molecular weight is 233 g/mol. The van der Waals surface area contributed by atoms with Gasteiger partial charge in [0, 0.05) is 0 Å². The van der Waals surface area contributed by atoms with E-state index in [1.54, 1.807) is 0 Å². The van der Waals surface area contributed by atoms with Crippen molar-refractivity contribution in [2.75, 3.05) is 0 Å². The van der Waals surface area contributed by atoms with Crippen molar-refractivity contribution in [2.45, 2.75) is 0 Å². The van der Waals surface area contributed by atoms with Gasteiger partial charge in [-0.1, -0.05) is 0 Å². The van der Waals surface area contributed by atoms with Crippen LogP contribution in [0.1, 0.15) is 0 Å². The molecule has 0 fully saturated rings. The molecule has 0 aliphatic rings. The van der Waals surface area contributed by atoms with Crippen LogP contribution in [0.2, 0.25) is 0 Å². The Balaban J connectivity index is -0.0000000800. The Bertz CT molecular complexity index is 103. The third-order valence-corrected chi connectivity index (χ3v) is 0.281. The molecule has 0 unspecified atom stereocenters. The number of hydrogen-bond acceptors (Lipinski definition) is 2. The molecule has 7 heavy (non-hydrogen) atoms. The quantitative estimate of drug-likeness (QED) is 0.548. The Morgan fingerprint density at radius 1 is 1.00 bits per heavy atom. The molecule has 5 heteroatoms. The van der Waals surface area contributed by atoms with Gasteiger partial charge in [0.25, 0.3) is 0 Å². The fourth-order valence-corrected chi connectivity index (χ4v) is 0.0573. The molecule has 2 nitrogen and oxygen atoms in total. The van der Waals surface area contributed by atoms with Gasteiger partial charge in [-0.3, -0.25) is 0 Å². The molecule has 0 heterocycles. The van der Waals surface area contributed by atoms with Gasteiger partial charge in [-0.15, -0.1) is 0 Å². The topological polar surface area (TPSA) is 34.1 Å². The van der Waals surface area contributed by atoms with Crippen LogP contribution < -0.4 is 0 Å². The van der Waals surface area contributed by atoms with Crippen LogP contribution in [0.5, 0.6) is 0 Å². The van der Waals surface area contributed by atoms with Gasteiger partial charge in [-0.25, -0.2) is 0 Å². The monoisotopic (exact) mass is 233 g/mol. The minimum absolute atomic E-state index is 0. The van der Waals surface area contributed by atoms with Crippen LogP contribution in [0.3, 0.4) is 0 Å². The molecule has 0 N–H and O–H groups in total. The van der Waals surface area contributed by atoms with Crippen LogP contribution in [-0.2, 0) is 57.0 Å². The van der Waals surface area contributed by atoms with Crippen molar-refractivity contribution in [3.05, 3.63) is 0 Å². The van der Waals surface area contributed by atoms with E-state index in [0.717, 1.165) is 0 Å². The normalized spacial score (nSPS) is 3.43. The second kappa shape index (κ2) is 15.9. The third-order valence-electron chi connectivity index (χ3n) is 0.0680. The zero-order valence-corrected chi connectivity index (χ0v) is 5.94. The fraction of sp³-hybridized carbons (Fsp3) is 0. The van der Waals surface area contributed by atoms with Gasteiger partial charge in [0.2, 0.25) is 0 Å². The van der Waals surface area contributed by atoms with Gasteiger partial charge < -0.3 is 0 Å². The summed E-state index contributed by atoms with van der Waals surface area (Å²) in [6, 6.07) is 0. The molecule has 42 valence electrons. The van der Waals surface area contributed by atoms with Crippen LogP contribution in [0.4, 0.5) is 0 Å². The van der Waals surface area contributed by atoms with Gasteiger partial charge >= 0.3 is 66.6 Å². The van der Waals surface area contributed by atoms with Gasteiger partial charge in [-0.2, -0.15) is 0 Å². The summed E-state index contributed by atoms with van der Waals surface area (Å²) in [5.74, 6) is 0. The first kappa shape index (κ1) is 15.6. The number of rotatable bonds is 0. The second-order valence-corrected chi connectivity index (χ2v) is 0.905. The summed E-state index contributed by atoms with van der Waals surface area (Å²) < 4.78 is 0. The molecular weight excluding hydrogens is 233 g/mol. The molecule has 0 aliphatic heterocycles. The minimum Gasteiger partial charge on any atom is 2.00 e. The largest absolute Gasteiger partial charge is 2.00 e. The van der Waals surface area contributed by atoms with Crippen molar-refractivity contribution >= 4 is 9.65 Å². The van der Waals surface area contributed by atoms with Gasteiger partial charge in [0.15, 0.2) is 0 Å². The Hall–Kier alpha value is 0.679. The first-order chi connectivity index (χ1) is 2.41. The standard InChI is InChI=1S/2CO.3Co/c2*1-2;;;/q;;+1;2*+2. The van der Waals surface area contributed by atoms with Crippen LogP contribution in [-0.4, -0.2) is 9.65 Å². The SMILES string of the molecule is O=[C]=[Co+]=[C]=O.[Co+2].[Co+2]. The summed E-state index contributed by atoms with van der Waals surface area (Å²) >= 11 is -0.00694. The van der Waals surface area contributed by atoms with Crippen molar-refractivity contribution in [2.24, 2.45) is 0 Å². The maximum atomic E-state index is 9.00. The van der Waals surface area contributed by atoms with E-state index in [-0.39, 0.29) is 47.4 Å². The van der Waals surface area contributed by atoms with E-state index >= 15 is 0 Å². The summed E-state index contributed by atoms with van der Waals surface area (Å²) in [5, 5.41) is 0. The molecule has 0 rings (SSSR count). The van der Waals surface area contributed by atoms with E-state index in [9.17, 15) is 0 Å². The molecule has 0 aromatic carbocycles. The number of hydrogen-bond donors (Lipinski definition) is 0. The predicted octanol–water partition coefficient (Wildman–Crippen LogP) is -0.802. The molecule has 0 amide bonds. The molecule has 0 saturated heterocycles. The van der Waals surface area contributed by atoms with E-state index in [2.05, 4.69) is 0 Å². The maximum Gasteiger partial charge on any atom is 2.00 e. The van der Waals surface area contributed by atoms with Crippen LogP contribution >= 0.6 is 0 Å². The second-order valence-electron chi connectivity index (χ2n) is 0.219. The maximum absolute atomic E-state index is 9.00. The molecule has 0 saturated carbocycles. The molecule has 0 aliphatic carbocycles. The van der Waals surface area contributed by atoms with Crippen molar-refractivity contribution in [3.8, 4) is 0 Å². The summed E-state index contributed by atoms with van der Waals surface area (Å²) in [6.07, 6.45) is 0. The van der Waals surface area contributed by atoms with Crippen LogP contribution in [0.15, 0.2) is 0 Å². The molecule has 0 atom stereocenters. The van der Waals surface area contributed by atoms with E-state index in [4.69, 9.17) is 9.59 Å². The van der Waals surface area contributed by atoms with Crippen LogP contribution in [0.25, 0.3) is 0 Å². The fourth-order valence-electron chi connectivity index (χ4n) is 0.0139.